The second-order valence-corrected chi connectivity index (χ2v) is 4.17. The van der Waals surface area contributed by atoms with Gasteiger partial charge in [-0.25, -0.2) is 4.79 Å². The fraction of sp³-hybridized carbons (Fsp3) is 0.462. The zero-order chi connectivity index (χ0) is 15.2. The van der Waals surface area contributed by atoms with Gasteiger partial charge in [-0.2, -0.15) is 13.2 Å². The molecule has 20 heavy (non-hydrogen) atoms. The molecule has 1 aromatic carbocycles. The highest BCUT2D eigenvalue weighted by atomic mass is 19.4. The summed E-state index contributed by atoms with van der Waals surface area (Å²) in [5.41, 5.74) is 6.79. The van der Waals surface area contributed by atoms with E-state index in [0.717, 1.165) is 0 Å². The number of ether oxygens (including phenoxy) is 1. The maximum absolute atomic E-state index is 12.0. The number of esters is 1. The Labute approximate surface area is 115 Å². The van der Waals surface area contributed by atoms with E-state index in [0.29, 0.717) is 16.9 Å². The molecule has 1 aromatic rings. The molecule has 0 bridgehead atoms. The van der Waals surface area contributed by atoms with Crippen LogP contribution < -0.4 is 11.1 Å². The number of nitrogens with two attached hydrogens (primary N) is 1. The molecular weight excluding hydrogens is 273 g/mol. The lowest BCUT2D eigenvalue weighted by Crippen LogP contribution is -2.12. The van der Waals surface area contributed by atoms with Crippen molar-refractivity contribution in [2.24, 2.45) is 0 Å². The van der Waals surface area contributed by atoms with Gasteiger partial charge in [0.05, 0.1) is 23.5 Å². The molecule has 0 aliphatic carbocycles. The van der Waals surface area contributed by atoms with Crippen molar-refractivity contribution in [3.63, 3.8) is 0 Å². The van der Waals surface area contributed by atoms with E-state index in [1.165, 1.54) is 18.2 Å². The van der Waals surface area contributed by atoms with Crippen molar-refractivity contribution in [3.05, 3.63) is 23.8 Å². The molecular formula is C13H17F3N2O2. The van der Waals surface area contributed by atoms with E-state index in [9.17, 15) is 18.0 Å². The minimum absolute atomic E-state index is 0.0629. The number of halogens is 3. The van der Waals surface area contributed by atoms with Crippen molar-refractivity contribution < 1.29 is 22.7 Å². The predicted molar refractivity (Wildman–Crippen MR) is 70.6 cm³/mol. The van der Waals surface area contributed by atoms with Gasteiger partial charge in [0, 0.05) is 13.0 Å². The number of alkyl halides is 3. The molecule has 0 radical (unpaired) electrons. The molecule has 1 rings (SSSR count). The van der Waals surface area contributed by atoms with E-state index in [1.807, 2.05) is 0 Å². The number of carbonyl (C=O) groups excluding carboxylic acids is 1. The Morgan fingerprint density at radius 3 is 2.70 bits per heavy atom. The van der Waals surface area contributed by atoms with Gasteiger partial charge in [-0.05, 0) is 31.5 Å². The van der Waals surface area contributed by atoms with Crippen LogP contribution in [0.15, 0.2) is 18.2 Å². The molecule has 0 aliphatic heterocycles. The van der Waals surface area contributed by atoms with Crippen molar-refractivity contribution in [1.82, 2.24) is 0 Å². The number of anilines is 2. The summed E-state index contributed by atoms with van der Waals surface area (Å²) in [7, 11) is 0. The Kier molecular flexibility index (Phi) is 5.66. The quantitative estimate of drug-likeness (QED) is 0.480. The first kappa shape index (κ1) is 16.1. The number of carbonyl (C=O) groups is 1. The van der Waals surface area contributed by atoms with E-state index >= 15 is 0 Å². The van der Waals surface area contributed by atoms with Gasteiger partial charge in [-0.15, -0.1) is 0 Å². The third-order valence-electron chi connectivity index (χ3n) is 2.52. The van der Waals surface area contributed by atoms with Crippen LogP contribution in [-0.2, 0) is 4.74 Å². The van der Waals surface area contributed by atoms with Gasteiger partial charge in [0.1, 0.15) is 0 Å². The van der Waals surface area contributed by atoms with Crippen LogP contribution in [0.25, 0.3) is 0 Å². The summed E-state index contributed by atoms with van der Waals surface area (Å²) < 4.78 is 40.8. The second kappa shape index (κ2) is 7.02. The van der Waals surface area contributed by atoms with Crippen LogP contribution in [0.4, 0.5) is 24.5 Å². The fourth-order valence-electron chi connectivity index (χ4n) is 1.56. The van der Waals surface area contributed by atoms with Crippen LogP contribution in [0.3, 0.4) is 0 Å². The lowest BCUT2D eigenvalue weighted by molar-refractivity contribution is -0.134. The smallest absolute Gasteiger partial charge is 0.389 e. The summed E-state index contributed by atoms with van der Waals surface area (Å²) >= 11 is 0. The highest BCUT2D eigenvalue weighted by Crippen LogP contribution is 2.23. The zero-order valence-corrected chi connectivity index (χ0v) is 11.1. The van der Waals surface area contributed by atoms with Crippen molar-refractivity contribution in [2.75, 3.05) is 24.2 Å². The van der Waals surface area contributed by atoms with Crippen LogP contribution in [-0.4, -0.2) is 25.3 Å². The monoisotopic (exact) mass is 290 g/mol. The summed E-state index contributed by atoms with van der Waals surface area (Å²) in [4.78, 5) is 11.5. The average Bonchev–Trinajstić information content (AvgIpc) is 2.35. The standard InChI is InChI=1S/C13H17F3N2O2/c1-2-20-12(19)9-4-5-10(17)11(8-9)18-7-3-6-13(14,15)16/h4-5,8,18H,2-3,6-7,17H2,1H3. The Hall–Kier alpha value is -1.92. The molecule has 4 nitrogen and oxygen atoms in total. The Balaban J connectivity index is 2.61. The molecule has 0 heterocycles. The minimum atomic E-state index is -4.17. The van der Waals surface area contributed by atoms with Crippen molar-refractivity contribution in [1.29, 1.82) is 0 Å². The molecule has 7 heteroatoms. The maximum atomic E-state index is 12.0. The molecule has 0 fully saturated rings. The van der Waals surface area contributed by atoms with Gasteiger partial charge < -0.3 is 15.8 Å². The fourth-order valence-corrected chi connectivity index (χ4v) is 1.56. The van der Waals surface area contributed by atoms with Gasteiger partial charge in [-0.1, -0.05) is 0 Å². The summed E-state index contributed by atoms with van der Waals surface area (Å²) in [6.45, 7) is 2.05. The van der Waals surface area contributed by atoms with Crippen LogP contribution in [0, 0.1) is 0 Å². The molecule has 0 amide bonds. The molecule has 112 valence electrons. The number of nitrogen functional groups attached to an aromatic ring is 1. The number of benzene rings is 1. The third kappa shape index (κ3) is 5.38. The lowest BCUT2D eigenvalue weighted by atomic mass is 10.1. The zero-order valence-electron chi connectivity index (χ0n) is 11.1. The summed E-state index contributed by atoms with van der Waals surface area (Å²) in [5.74, 6) is -0.495. The largest absolute Gasteiger partial charge is 0.462 e. The predicted octanol–water partition coefficient (Wildman–Crippen LogP) is 3.20. The van der Waals surface area contributed by atoms with Crippen molar-refractivity contribution in [3.8, 4) is 0 Å². The van der Waals surface area contributed by atoms with Crippen LogP contribution >= 0.6 is 0 Å². The van der Waals surface area contributed by atoms with E-state index < -0.39 is 18.6 Å². The van der Waals surface area contributed by atoms with Crippen LogP contribution in [0.1, 0.15) is 30.1 Å². The van der Waals surface area contributed by atoms with Gasteiger partial charge in [-0.3, -0.25) is 0 Å². The van der Waals surface area contributed by atoms with E-state index in [2.05, 4.69) is 5.32 Å². The number of rotatable bonds is 6. The van der Waals surface area contributed by atoms with Crippen LogP contribution in [0.5, 0.6) is 0 Å². The first-order chi connectivity index (χ1) is 9.33. The lowest BCUT2D eigenvalue weighted by Gasteiger charge is -2.11. The molecule has 0 saturated carbocycles. The van der Waals surface area contributed by atoms with E-state index in [-0.39, 0.29) is 19.6 Å². The summed E-state index contributed by atoms with van der Waals surface area (Å²) in [6.07, 6.45) is -5.09. The minimum Gasteiger partial charge on any atom is -0.462 e. The average molecular weight is 290 g/mol. The SMILES string of the molecule is CCOC(=O)c1ccc(N)c(NCCCC(F)(F)F)c1. The van der Waals surface area contributed by atoms with Gasteiger partial charge in [0.25, 0.3) is 0 Å². The summed E-state index contributed by atoms with van der Waals surface area (Å²) in [5, 5.41) is 2.79. The molecule has 0 saturated heterocycles. The summed E-state index contributed by atoms with van der Waals surface area (Å²) in [6, 6.07) is 4.49. The van der Waals surface area contributed by atoms with Crippen molar-refractivity contribution >= 4 is 17.3 Å². The molecule has 0 unspecified atom stereocenters. The third-order valence-corrected chi connectivity index (χ3v) is 2.52. The van der Waals surface area contributed by atoms with Gasteiger partial charge in [0.15, 0.2) is 0 Å². The van der Waals surface area contributed by atoms with Crippen molar-refractivity contribution in [2.45, 2.75) is 25.9 Å². The van der Waals surface area contributed by atoms with E-state index in [4.69, 9.17) is 10.5 Å². The topological polar surface area (TPSA) is 64.3 Å². The molecule has 0 aliphatic rings. The number of hydrogen-bond acceptors (Lipinski definition) is 4. The maximum Gasteiger partial charge on any atom is 0.389 e. The Morgan fingerprint density at radius 2 is 2.10 bits per heavy atom. The normalized spacial score (nSPS) is 11.2. The molecule has 0 atom stereocenters. The molecule has 0 spiro atoms. The molecule has 3 N–H and O–H groups in total. The van der Waals surface area contributed by atoms with Gasteiger partial charge >= 0.3 is 12.1 Å². The molecule has 0 aromatic heterocycles. The number of nitrogens with one attached hydrogen (secondary N) is 1. The van der Waals surface area contributed by atoms with Crippen LogP contribution in [0.2, 0.25) is 0 Å². The number of hydrogen-bond donors (Lipinski definition) is 2. The Morgan fingerprint density at radius 1 is 1.40 bits per heavy atom. The van der Waals surface area contributed by atoms with E-state index in [1.54, 1.807) is 6.92 Å². The highest BCUT2D eigenvalue weighted by Gasteiger charge is 2.25. The Bertz CT molecular complexity index is 461. The second-order valence-electron chi connectivity index (χ2n) is 4.17. The first-order valence-electron chi connectivity index (χ1n) is 6.20. The first-order valence-corrected chi connectivity index (χ1v) is 6.20. The highest BCUT2D eigenvalue weighted by molar-refractivity contribution is 5.92. The van der Waals surface area contributed by atoms with Gasteiger partial charge in [0.2, 0.25) is 0 Å².